The summed E-state index contributed by atoms with van der Waals surface area (Å²) in [4.78, 5) is 17.5. The largest absolute Gasteiger partial charge is 0.335 e. The highest BCUT2D eigenvalue weighted by Gasteiger charge is 2.30. The fourth-order valence-corrected chi connectivity index (χ4v) is 5.81. The first-order chi connectivity index (χ1) is 13.8. The number of thioether (sulfide) groups is 2. The van der Waals surface area contributed by atoms with E-state index in [1.54, 1.807) is 28.8 Å². The number of nitrogens with zero attached hydrogens (tertiary/aromatic N) is 2. The van der Waals surface area contributed by atoms with Crippen molar-refractivity contribution in [1.82, 2.24) is 4.90 Å². The standard InChI is InChI=1S/C19H20N2O4S4/c1-2-20-18(22)16(28-19(20)26)10-5-6-11-17-21(12-7-13-29(23,24)25)14-8-3-4-9-15(14)27-17/h3-6,8-11H,2,7,12-13H2,1H3,(H,23,24,25). The smallest absolute Gasteiger partial charge is 0.266 e. The Morgan fingerprint density at radius 3 is 2.55 bits per heavy atom. The number of amides is 1. The lowest BCUT2D eigenvalue weighted by Crippen LogP contribution is -2.27. The van der Waals surface area contributed by atoms with Gasteiger partial charge in [-0.05, 0) is 37.6 Å². The number of benzene rings is 1. The fraction of sp³-hybridized carbons (Fsp3) is 0.263. The molecule has 0 spiro atoms. The molecule has 2 heterocycles. The summed E-state index contributed by atoms with van der Waals surface area (Å²) in [5.41, 5.74) is 1.01. The highest BCUT2D eigenvalue weighted by Crippen LogP contribution is 2.45. The number of thiocarbonyl (C=S) groups is 1. The van der Waals surface area contributed by atoms with E-state index >= 15 is 0 Å². The average Bonchev–Trinajstić information content (AvgIpc) is 3.14. The van der Waals surface area contributed by atoms with Crippen molar-refractivity contribution in [2.45, 2.75) is 18.2 Å². The summed E-state index contributed by atoms with van der Waals surface area (Å²) in [5.74, 6) is -0.354. The molecule has 0 radical (unpaired) electrons. The van der Waals surface area contributed by atoms with Gasteiger partial charge in [-0.25, -0.2) is 0 Å². The Hall–Kier alpha value is -1.59. The van der Waals surface area contributed by atoms with Crippen LogP contribution < -0.4 is 4.90 Å². The predicted octanol–water partition coefficient (Wildman–Crippen LogP) is 4.04. The van der Waals surface area contributed by atoms with Gasteiger partial charge in [0.25, 0.3) is 16.0 Å². The summed E-state index contributed by atoms with van der Waals surface area (Å²) < 4.78 is 31.6. The molecule has 2 aliphatic heterocycles. The third-order valence-electron chi connectivity index (χ3n) is 4.21. The Morgan fingerprint density at radius 2 is 1.86 bits per heavy atom. The molecule has 0 unspecified atom stereocenters. The van der Waals surface area contributed by atoms with E-state index in [4.69, 9.17) is 16.8 Å². The number of allylic oxidation sites excluding steroid dienone is 4. The van der Waals surface area contributed by atoms with Crippen molar-refractivity contribution in [3.8, 4) is 0 Å². The number of carbonyl (C=O) groups is 1. The summed E-state index contributed by atoms with van der Waals surface area (Å²) in [6.45, 7) is 2.92. The van der Waals surface area contributed by atoms with Crippen LogP contribution in [0.4, 0.5) is 5.69 Å². The van der Waals surface area contributed by atoms with Gasteiger partial charge in [0, 0.05) is 18.0 Å². The van der Waals surface area contributed by atoms with Crippen LogP contribution in [-0.2, 0) is 14.9 Å². The third kappa shape index (κ3) is 5.52. The molecule has 0 saturated carbocycles. The zero-order valence-electron chi connectivity index (χ0n) is 15.6. The quantitative estimate of drug-likeness (QED) is 0.365. The van der Waals surface area contributed by atoms with Crippen molar-refractivity contribution in [3.05, 3.63) is 58.5 Å². The van der Waals surface area contributed by atoms with E-state index in [0.29, 0.717) is 28.7 Å². The Labute approximate surface area is 184 Å². The van der Waals surface area contributed by atoms with Crippen LogP contribution >= 0.6 is 35.7 Å². The highest BCUT2D eigenvalue weighted by molar-refractivity contribution is 8.26. The number of hydrogen-bond donors (Lipinski definition) is 1. The average molecular weight is 469 g/mol. The molecule has 6 nitrogen and oxygen atoms in total. The minimum atomic E-state index is -3.98. The van der Waals surface area contributed by atoms with Crippen LogP contribution in [0.2, 0.25) is 0 Å². The lowest BCUT2D eigenvalue weighted by atomic mass is 10.3. The van der Waals surface area contributed by atoms with Crippen LogP contribution in [0.25, 0.3) is 0 Å². The maximum atomic E-state index is 12.2. The van der Waals surface area contributed by atoms with Gasteiger partial charge in [0.05, 0.1) is 21.4 Å². The summed E-state index contributed by atoms with van der Waals surface area (Å²) in [5, 5.41) is 0.951. The number of hydrogen-bond acceptors (Lipinski definition) is 7. The van der Waals surface area contributed by atoms with E-state index in [9.17, 15) is 13.2 Å². The van der Waals surface area contributed by atoms with Gasteiger partial charge < -0.3 is 4.90 Å². The number of carbonyl (C=O) groups excluding carboxylic acids is 1. The Bertz CT molecular complexity index is 1010. The van der Waals surface area contributed by atoms with E-state index in [-0.39, 0.29) is 11.7 Å². The molecular weight excluding hydrogens is 448 g/mol. The van der Waals surface area contributed by atoms with Crippen molar-refractivity contribution in [2.24, 2.45) is 0 Å². The highest BCUT2D eigenvalue weighted by atomic mass is 32.2. The second kappa shape index (κ2) is 9.48. The minimum absolute atomic E-state index is 0.0747. The Morgan fingerprint density at radius 1 is 1.14 bits per heavy atom. The van der Waals surface area contributed by atoms with Gasteiger partial charge in [-0.1, -0.05) is 60.0 Å². The molecule has 1 aromatic rings. The van der Waals surface area contributed by atoms with Crippen LogP contribution in [0.3, 0.4) is 0 Å². The van der Waals surface area contributed by atoms with Crippen LogP contribution in [0, 0.1) is 0 Å². The SMILES string of the molecule is CCN1C(=O)C(=CC=CC=C2Sc3ccccc3N2CCCS(=O)(=O)O)SC1=S. The molecule has 29 heavy (non-hydrogen) atoms. The number of anilines is 1. The fourth-order valence-electron chi connectivity index (χ4n) is 2.88. The maximum absolute atomic E-state index is 12.2. The maximum Gasteiger partial charge on any atom is 0.266 e. The lowest BCUT2D eigenvalue weighted by Gasteiger charge is -2.19. The number of likely N-dealkylation sites (N-methyl/N-ethyl adjacent to an activating group) is 1. The zero-order chi connectivity index (χ0) is 21.0. The van der Waals surface area contributed by atoms with E-state index in [0.717, 1.165) is 15.6 Å². The van der Waals surface area contributed by atoms with Crippen LogP contribution in [-0.4, -0.2) is 46.9 Å². The van der Waals surface area contributed by atoms with Crippen LogP contribution in [0.1, 0.15) is 13.3 Å². The monoisotopic (exact) mass is 468 g/mol. The molecule has 1 aromatic carbocycles. The zero-order valence-corrected chi connectivity index (χ0v) is 18.9. The molecule has 0 bridgehead atoms. The number of fused-ring (bicyclic) bond motifs is 1. The molecule has 154 valence electrons. The molecule has 1 saturated heterocycles. The molecule has 1 fully saturated rings. The molecular formula is C19H20N2O4S4. The molecule has 0 aromatic heterocycles. The molecule has 1 amide bonds. The van der Waals surface area contributed by atoms with E-state index in [2.05, 4.69) is 0 Å². The van der Waals surface area contributed by atoms with E-state index in [1.165, 1.54) is 11.8 Å². The summed E-state index contributed by atoms with van der Waals surface area (Å²) in [6.07, 6.45) is 7.64. The summed E-state index contributed by atoms with van der Waals surface area (Å²) in [7, 11) is -3.98. The van der Waals surface area contributed by atoms with Crippen LogP contribution in [0.5, 0.6) is 0 Å². The Kier molecular flexibility index (Phi) is 7.23. The van der Waals surface area contributed by atoms with Crippen LogP contribution in [0.15, 0.2) is 63.4 Å². The topological polar surface area (TPSA) is 77.9 Å². The third-order valence-corrected chi connectivity index (χ3v) is 7.54. The van der Waals surface area contributed by atoms with Crippen molar-refractivity contribution >= 4 is 61.8 Å². The molecule has 10 heteroatoms. The van der Waals surface area contributed by atoms with Gasteiger partial charge >= 0.3 is 0 Å². The minimum Gasteiger partial charge on any atom is -0.335 e. The molecule has 1 N–H and O–H groups in total. The van der Waals surface area contributed by atoms with Gasteiger partial charge in [0.1, 0.15) is 4.32 Å². The molecule has 0 aliphatic carbocycles. The van der Waals surface area contributed by atoms with Crippen molar-refractivity contribution in [3.63, 3.8) is 0 Å². The van der Waals surface area contributed by atoms with Crippen molar-refractivity contribution in [1.29, 1.82) is 0 Å². The first-order valence-electron chi connectivity index (χ1n) is 8.92. The molecule has 2 aliphatic rings. The predicted molar refractivity (Wildman–Crippen MR) is 124 cm³/mol. The number of rotatable bonds is 7. The van der Waals surface area contributed by atoms with Gasteiger partial charge in [0.2, 0.25) is 0 Å². The summed E-state index contributed by atoms with van der Waals surface area (Å²) >= 11 is 8.09. The number of para-hydroxylation sites is 1. The van der Waals surface area contributed by atoms with Crippen molar-refractivity contribution in [2.75, 3.05) is 23.7 Å². The van der Waals surface area contributed by atoms with Gasteiger partial charge in [-0.2, -0.15) is 8.42 Å². The molecule has 0 atom stereocenters. The van der Waals surface area contributed by atoms with E-state index in [1.807, 2.05) is 48.2 Å². The Balaban J connectivity index is 1.73. The second-order valence-corrected chi connectivity index (χ2v) is 10.5. The lowest BCUT2D eigenvalue weighted by molar-refractivity contribution is -0.122. The van der Waals surface area contributed by atoms with E-state index < -0.39 is 10.1 Å². The van der Waals surface area contributed by atoms with Crippen molar-refractivity contribution < 1.29 is 17.8 Å². The van der Waals surface area contributed by atoms with Gasteiger partial charge in [-0.15, -0.1) is 0 Å². The summed E-state index contributed by atoms with van der Waals surface area (Å²) in [6, 6.07) is 7.88. The first kappa shape index (κ1) is 22.1. The first-order valence-corrected chi connectivity index (χ1v) is 12.6. The van der Waals surface area contributed by atoms with Gasteiger partial charge in [-0.3, -0.25) is 14.2 Å². The molecule has 3 rings (SSSR count). The normalized spacial score (nSPS) is 19.9. The van der Waals surface area contributed by atoms with Gasteiger partial charge in [0.15, 0.2) is 0 Å². The second-order valence-electron chi connectivity index (χ2n) is 6.20.